The predicted octanol–water partition coefficient (Wildman–Crippen LogP) is 3.04. The molecule has 2 aromatic rings. The number of nitrogens with zero attached hydrogens (tertiary/aromatic N) is 2. The number of amides is 3. The van der Waals surface area contributed by atoms with E-state index in [2.05, 4.69) is 5.32 Å². The van der Waals surface area contributed by atoms with Crippen molar-refractivity contribution in [2.75, 3.05) is 0 Å². The molecule has 0 aromatic carbocycles. The Morgan fingerprint density at radius 2 is 1.89 bits per heavy atom. The third kappa shape index (κ3) is 4.70. The van der Waals surface area contributed by atoms with Gasteiger partial charge in [-0.15, -0.1) is 11.3 Å². The van der Waals surface area contributed by atoms with E-state index in [9.17, 15) is 14.4 Å². The molecule has 2 rings (SSSR count). The van der Waals surface area contributed by atoms with Crippen LogP contribution in [0.2, 0.25) is 0 Å². The van der Waals surface area contributed by atoms with E-state index in [1.165, 1.54) is 23.1 Å². The Hall–Kier alpha value is -1.87. The molecule has 7 nitrogen and oxygen atoms in total. The van der Waals surface area contributed by atoms with Gasteiger partial charge in [-0.1, -0.05) is 39.5 Å². The van der Waals surface area contributed by atoms with Gasteiger partial charge in [0.2, 0.25) is 5.91 Å². The summed E-state index contributed by atoms with van der Waals surface area (Å²) in [5.41, 5.74) is 5.95. The number of imide groups is 1. The van der Waals surface area contributed by atoms with Crippen molar-refractivity contribution in [1.29, 1.82) is 0 Å². The molecular weight excluding hydrogens is 384 g/mol. The van der Waals surface area contributed by atoms with Gasteiger partial charge in [-0.3, -0.25) is 19.5 Å². The molecule has 0 saturated carbocycles. The van der Waals surface area contributed by atoms with E-state index in [0.717, 1.165) is 10.4 Å². The second kappa shape index (κ2) is 8.43. The number of urea groups is 1. The van der Waals surface area contributed by atoms with Gasteiger partial charge in [0.05, 0.1) is 10.6 Å². The number of rotatable bonds is 6. The van der Waals surface area contributed by atoms with Gasteiger partial charge >= 0.3 is 6.03 Å². The van der Waals surface area contributed by atoms with Crippen LogP contribution in [0.25, 0.3) is 10.2 Å². The van der Waals surface area contributed by atoms with Crippen molar-refractivity contribution in [1.82, 2.24) is 14.9 Å². The number of nitrogens with two attached hydrogens (primary N) is 1. The maximum absolute atomic E-state index is 13.2. The van der Waals surface area contributed by atoms with Crippen LogP contribution in [0.5, 0.6) is 0 Å². The Kier molecular flexibility index (Phi) is 6.69. The molecule has 3 amide bonds. The number of primary amides is 1. The molecule has 0 radical (unpaired) electrons. The summed E-state index contributed by atoms with van der Waals surface area (Å²) < 4.78 is 1.64. The van der Waals surface area contributed by atoms with Gasteiger partial charge in [-0.25, -0.2) is 9.78 Å². The Morgan fingerprint density at radius 1 is 1.26 bits per heavy atom. The van der Waals surface area contributed by atoms with Crippen molar-refractivity contribution in [2.24, 2.45) is 17.6 Å². The van der Waals surface area contributed by atoms with E-state index in [4.69, 9.17) is 10.7 Å². The Bertz CT molecular complexity index is 931. The lowest BCUT2D eigenvalue weighted by Crippen LogP contribution is -2.42. The maximum atomic E-state index is 13.2. The molecule has 0 aliphatic heterocycles. The molecule has 0 fully saturated rings. The minimum absolute atomic E-state index is 0.0822. The largest absolute Gasteiger partial charge is 0.351 e. The van der Waals surface area contributed by atoms with Gasteiger partial charge in [0.1, 0.15) is 4.83 Å². The van der Waals surface area contributed by atoms with Gasteiger partial charge in [-0.05, 0) is 31.2 Å². The van der Waals surface area contributed by atoms with Gasteiger partial charge in [0.25, 0.3) is 5.56 Å². The van der Waals surface area contributed by atoms with Crippen LogP contribution < -0.4 is 16.6 Å². The number of thiophene rings is 1. The molecule has 0 bridgehead atoms. The SMILES string of the molecule is Cc1sc2nc(S[C@H](C(=O)NC(N)=O)C(C)C)n(CC(C)C)c(=O)c2c1C. The molecule has 3 N–H and O–H groups in total. The number of aryl methyl sites for hydroxylation is 2. The average molecular weight is 411 g/mol. The first-order valence-corrected chi connectivity index (χ1v) is 10.5. The molecule has 148 valence electrons. The smallest absolute Gasteiger partial charge is 0.318 e. The van der Waals surface area contributed by atoms with E-state index in [0.29, 0.717) is 21.9 Å². The number of aromatic nitrogens is 2. The van der Waals surface area contributed by atoms with Crippen LogP contribution in [0.4, 0.5) is 4.79 Å². The molecule has 1 atom stereocenters. The summed E-state index contributed by atoms with van der Waals surface area (Å²) in [6.45, 7) is 12.2. The fraction of sp³-hybridized carbons (Fsp3) is 0.556. The van der Waals surface area contributed by atoms with Gasteiger partial charge < -0.3 is 5.73 Å². The standard InChI is InChI=1S/C18H26N4O3S2/c1-8(2)7-22-16(24)12-10(5)11(6)26-15(12)21-18(22)27-13(9(3)4)14(23)20-17(19)25/h8-9,13H,7H2,1-6H3,(H3,19,20,23,25)/t13-/m0/s1. The molecule has 0 aliphatic carbocycles. The lowest BCUT2D eigenvalue weighted by molar-refractivity contribution is -0.120. The zero-order valence-electron chi connectivity index (χ0n) is 16.5. The van der Waals surface area contributed by atoms with Crippen LogP contribution in [0.15, 0.2) is 9.95 Å². The first kappa shape index (κ1) is 21.4. The van der Waals surface area contributed by atoms with E-state index >= 15 is 0 Å². The zero-order valence-corrected chi connectivity index (χ0v) is 18.1. The highest BCUT2D eigenvalue weighted by molar-refractivity contribution is 8.00. The van der Waals surface area contributed by atoms with Crippen LogP contribution >= 0.6 is 23.1 Å². The molecule has 2 aromatic heterocycles. The quantitative estimate of drug-likeness (QED) is 0.562. The monoisotopic (exact) mass is 410 g/mol. The van der Waals surface area contributed by atoms with Crippen LogP contribution in [0, 0.1) is 25.7 Å². The molecule has 0 unspecified atom stereocenters. The van der Waals surface area contributed by atoms with Crippen molar-refractivity contribution < 1.29 is 9.59 Å². The highest BCUT2D eigenvalue weighted by Gasteiger charge is 2.28. The van der Waals surface area contributed by atoms with Crippen LogP contribution in [0.1, 0.15) is 38.1 Å². The van der Waals surface area contributed by atoms with Crippen molar-refractivity contribution >= 4 is 45.3 Å². The van der Waals surface area contributed by atoms with Crippen molar-refractivity contribution in [2.45, 2.75) is 58.5 Å². The molecule has 0 saturated heterocycles. The highest BCUT2D eigenvalue weighted by Crippen LogP contribution is 2.32. The second-order valence-corrected chi connectivity index (χ2v) is 9.62. The van der Waals surface area contributed by atoms with Crippen LogP contribution in [0.3, 0.4) is 0 Å². The summed E-state index contributed by atoms with van der Waals surface area (Å²) in [5, 5.41) is 2.67. The van der Waals surface area contributed by atoms with Crippen molar-refractivity contribution in [3.8, 4) is 0 Å². The lowest BCUT2D eigenvalue weighted by atomic mass is 10.1. The molecule has 9 heteroatoms. The molecule has 2 heterocycles. The van der Waals surface area contributed by atoms with Crippen LogP contribution in [-0.4, -0.2) is 26.7 Å². The minimum Gasteiger partial charge on any atom is -0.351 e. The second-order valence-electron chi connectivity index (χ2n) is 7.30. The minimum atomic E-state index is -0.890. The third-order valence-corrected chi connectivity index (χ3v) is 6.78. The Morgan fingerprint density at radius 3 is 2.41 bits per heavy atom. The predicted molar refractivity (Wildman–Crippen MR) is 110 cm³/mol. The van der Waals surface area contributed by atoms with E-state index in [-0.39, 0.29) is 17.4 Å². The molecule has 0 spiro atoms. The van der Waals surface area contributed by atoms with Gasteiger partial charge in [-0.2, -0.15) is 0 Å². The fourth-order valence-electron chi connectivity index (χ4n) is 2.72. The van der Waals surface area contributed by atoms with Gasteiger partial charge in [0.15, 0.2) is 5.16 Å². The van der Waals surface area contributed by atoms with E-state index in [1.807, 2.05) is 41.5 Å². The normalized spacial score (nSPS) is 12.7. The molecule has 0 aliphatic rings. The first-order valence-electron chi connectivity index (χ1n) is 8.80. The van der Waals surface area contributed by atoms with E-state index < -0.39 is 17.2 Å². The number of carbonyl (C=O) groups is 2. The maximum Gasteiger partial charge on any atom is 0.318 e. The Balaban J connectivity index is 2.59. The highest BCUT2D eigenvalue weighted by atomic mass is 32.2. The summed E-state index contributed by atoms with van der Waals surface area (Å²) in [4.78, 5) is 43.1. The average Bonchev–Trinajstić information content (AvgIpc) is 2.81. The molecular formula is C18H26N4O3S2. The third-order valence-electron chi connectivity index (χ3n) is 4.14. The van der Waals surface area contributed by atoms with Crippen molar-refractivity contribution in [3.05, 3.63) is 20.8 Å². The summed E-state index contributed by atoms with van der Waals surface area (Å²) in [6.07, 6.45) is 0. The number of carbonyl (C=O) groups excluding carboxylic acids is 2. The van der Waals surface area contributed by atoms with E-state index in [1.54, 1.807) is 4.57 Å². The number of fused-ring (bicyclic) bond motifs is 1. The molecule has 27 heavy (non-hydrogen) atoms. The first-order chi connectivity index (χ1) is 12.5. The summed E-state index contributed by atoms with van der Waals surface area (Å²) >= 11 is 2.68. The number of thioether (sulfide) groups is 1. The van der Waals surface area contributed by atoms with Gasteiger partial charge in [0, 0.05) is 11.4 Å². The topological polar surface area (TPSA) is 107 Å². The van der Waals surface area contributed by atoms with Crippen molar-refractivity contribution in [3.63, 3.8) is 0 Å². The number of nitrogens with one attached hydrogen (secondary N) is 1. The number of hydrogen-bond acceptors (Lipinski definition) is 6. The lowest BCUT2D eigenvalue weighted by Gasteiger charge is -2.21. The summed E-state index contributed by atoms with van der Waals surface area (Å²) in [6, 6.07) is -0.890. The fourth-order valence-corrected chi connectivity index (χ4v) is 4.89. The summed E-state index contributed by atoms with van der Waals surface area (Å²) in [5.74, 6) is -0.328. The summed E-state index contributed by atoms with van der Waals surface area (Å²) in [7, 11) is 0. The number of hydrogen-bond donors (Lipinski definition) is 2. The van der Waals surface area contributed by atoms with Crippen LogP contribution in [-0.2, 0) is 11.3 Å². The zero-order chi connectivity index (χ0) is 20.5. The Labute approximate surface area is 166 Å².